The topological polar surface area (TPSA) is 47.9 Å². The average molecular weight is 207 g/mol. The predicted molar refractivity (Wildman–Crippen MR) is 55.6 cm³/mol. The van der Waals surface area contributed by atoms with Crippen LogP contribution in [0.3, 0.4) is 0 Å². The maximum atomic E-state index is 9.89. The van der Waals surface area contributed by atoms with Crippen molar-refractivity contribution in [1.29, 1.82) is 0 Å². The molecular weight excluding hydrogens is 194 g/mol. The molecule has 0 atom stereocenters. The molecule has 1 aromatic rings. The first-order chi connectivity index (χ1) is 7.36. The Bertz CT molecular complexity index is 328. The first-order valence-corrected chi connectivity index (χ1v) is 4.61. The smallest absolute Gasteiger partial charge is 0.235 e. The maximum Gasteiger partial charge on any atom is 0.235 e. The molecule has 0 aliphatic rings. The molecule has 4 nitrogen and oxygen atoms in total. The van der Waals surface area contributed by atoms with Crippen LogP contribution in [0.2, 0.25) is 0 Å². The molecule has 0 heterocycles. The lowest BCUT2D eigenvalue weighted by molar-refractivity contribution is 0.146. The van der Waals surface area contributed by atoms with Gasteiger partial charge in [-0.25, -0.2) is 9.79 Å². The second kappa shape index (κ2) is 6.76. The lowest BCUT2D eigenvalue weighted by atomic mass is 10.2. The van der Waals surface area contributed by atoms with Crippen molar-refractivity contribution in [2.24, 2.45) is 4.99 Å². The minimum absolute atomic E-state index is 0.363. The Labute approximate surface area is 88.5 Å². The number of nitrogens with zero attached hydrogens (tertiary/aromatic N) is 1. The Morgan fingerprint density at radius 2 is 2.00 bits per heavy atom. The van der Waals surface area contributed by atoms with E-state index in [1.165, 1.54) is 6.08 Å². The van der Waals surface area contributed by atoms with Crippen molar-refractivity contribution in [1.82, 2.24) is 0 Å². The number of benzene rings is 1. The number of hydrogen-bond donors (Lipinski definition) is 0. The molecule has 80 valence electrons. The SMILES string of the molecule is COCCOc1ccc(CN=C=O)cc1. The van der Waals surface area contributed by atoms with E-state index < -0.39 is 0 Å². The van der Waals surface area contributed by atoms with Crippen molar-refractivity contribution in [3.63, 3.8) is 0 Å². The summed E-state index contributed by atoms with van der Waals surface area (Å²) in [5, 5.41) is 0. The molecule has 0 bridgehead atoms. The fourth-order valence-electron chi connectivity index (χ4n) is 1.06. The van der Waals surface area contributed by atoms with Crippen molar-refractivity contribution in [3.8, 4) is 5.75 Å². The van der Waals surface area contributed by atoms with Gasteiger partial charge in [0, 0.05) is 7.11 Å². The number of hydrogen-bond acceptors (Lipinski definition) is 4. The Hall–Kier alpha value is -1.64. The van der Waals surface area contributed by atoms with Gasteiger partial charge in [0.05, 0.1) is 13.2 Å². The van der Waals surface area contributed by atoms with Crippen LogP contribution in [0.4, 0.5) is 0 Å². The van der Waals surface area contributed by atoms with E-state index in [0.29, 0.717) is 19.8 Å². The van der Waals surface area contributed by atoms with Crippen molar-refractivity contribution in [2.75, 3.05) is 20.3 Å². The number of isocyanates is 1. The van der Waals surface area contributed by atoms with Crippen LogP contribution in [-0.4, -0.2) is 26.4 Å². The van der Waals surface area contributed by atoms with Gasteiger partial charge in [0.1, 0.15) is 12.4 Å². The van der Waals surface area contributed by atoms with Crippen LogP contribution in [0.25, 0.3) is 0 Å². The summed E-state index contributed by atoms with van der Waals surface area (Å²) in [5.41, 5.74) is 0.956. The first-order valence-electron chi connectivity index (χ1n) is 4.61. The highest BCUT2D eigenvalue weighted by Crippen LogP contribution is 2.12. The molecule has 0 aliphatic carbocycles. The highest BCUT2D eigenvalue weighted by molar-refractivity contribution is 5.34. The molecule has 0 aliphatic heterocycles. The van der Waals surface area contributed by atoms with Crippen molar-refractivity contribution in [2.45, 2.75) is 6.54 Å². The van der Waals surface area contributed by atoms with E-state index in [-0.39, 0.29) is 0 Å². The molecule has 1 aromatic carbocycles. The van der Waals surface area contributed by atoms with Gasteiger partial charge < -0.3 is 9.47 Å². The van der Waals surface area contributed by atoms with Gasteiger partial charge in [0.25, 0.3) is 0 Å². The van der Waals surface area contributed by atoms with Crippen LogP contribution in [0.1, 0.15) is 5.56 Å². The summed E-state index contributed by atoms with van der Waals surface area (Å²) >= 11 is 0. The highest BCUT2D eigenvalue weighted by Gasteiger charge is 1.94. The van der Waals surface area contributed by atoms with E-state index in [1.54, 1.807) is 7.11 Å². The summed E-state index contributed by atoms with van der Waals surface area (Å²) in [6, 6.07) is 7.41. The Morgan fingerprint density at radius 1 is 1.27 bits per heavy atom. The van der Waals surface area contributed by atoms with Crippen LogP contribution in [0, 0.1) is 0 Å². The molecule has 0 spiro atoms. The molecule has 0 saturated carbocycles. The number of aliphatic imine (C=N–C) groups is 1. The quantitative estimate of drug-likeness (QED) is 0.404. The predicted octanol–water partition coefficient (Wildman–Crippen LogP) is 1.55. The first kappa shape index (κ1) is 11.4. The molecule has 0 amide bonds. The minimum Gasteiger partial charge on any atom is -0.491 e. The number of methoxy groups -OCH3 is 1. The Morgan fingerprint density at radius 3 is 2.60 bits per heavy atom. The second-order valence-electron chi connectivity index (χ2n) is 2.89. The van der Waals surface area contributed by atoms with Crippen LogP contribution in [0.5, 0.6) is 5.75 Å². The molecule has 15 heavy (non-hydrogen) atoms. The third-order valence-electron chi connectivity index (χ3n) is 1.81. The van der Waals surface area contributed by atoms with Gasteiger partial charge in [-0.15, -0.1) is 0 Å². The van der Waals surface area contributed by atoms with E-state index in [4.69, 9.17) is 9.47 Å². The molecule has 4 heteroatoms. The molecular formula is C11H13NO3. The third-order valence-corrected chi connectivity index (χ3v) is 1.81. The van der Waals surface area contributed by atoms with Crippen molar-refractivity contribution >= 4 is 6.08 Å². The lowest BCUT2D eigenvalue weighted by Crippen LogP contribution is -2.03. The zero-order valence-corrected chi connectivity index (χ0v) is 8.60. The summed E-state index contributed by atoms with van der Waals surface area (Å²) in [6.07, 6.45) is 1.50. The largest absolute Gasteiger partial charge is 0.491 e. The summed E-state index contributed by atoms with van der Waals surface area (Å²) in [7, 11) is 1.63. The number of rotatable bonds is 6. The van der Waals surface area contributed by atoms with Crippen LogP contribution in [-0.2, 0) is 16.1 Å². The Balaban J connectivity index is 2.44. The normalized spacial score (nSPS) is 9.40. The average Bonchev–Trinajstić information content (AvgIpc) is 2.28. The van der Waals surface area contributed by atoms with Crippen LogP contribution in [0.15, 0.2) is 29.3 Å². The van der Waals surface area contributed by atoms with Crippen LogP contribution >= 0.6 is 0 Å². The van der Waals surface area contributed by atoms with E-state index in [2.05, 4.69) is 4.99 Å². The number of carbonyl (C=O) groups excluding carboxylic acids is 1. The highest BCUT2D eigenvalue weighted by atomic mass is 16.5. The molecule has 0 unspecified atom stereocenters. The molecule has 0 fully saturated rings. The van der Waals surface area contributed by atoms with E-state index in [1.807, 2.05) is 24.3 Å². The van der Waals surface area contributed by atoms with Gasteiger partial charge in [0.15, 0.2) is 0 Å². The van der Waals surface area contributed by atoms with Gasteiger partial charge in [-0.3, -0.25) is 0 Å². The van der Waals surface area contributed by atoms with E-state index in [9.17, 15) is 4.79 Å². The van der Waals surface area contributed by atoms with Crippen LogP contribution < -0.4 is 4.74 Å². The molecule has 1 rings (SSSR count). The number of ether oxygens (including phenoxy) is 2. The summed E-state index contributed by atoms with van der Waals surface area (Å²) < 4.78 is 10.2. The van der Waals surface area contributed by atoms with Crippen molar-refractivity contribution in [3.05, 3.63) is 29.8 Å². The van der Waals surface area contributed by atoms with Gasteiger partial charge >= 0.3 is 0 Å². The van der Waals surface area contributed by atoms with E-state index >= 15 is 0 Å². The van der Waals surface area contributed by atoms with Gasteiger partial charge in [-0.05, 0) is 17.7 Å². The fourth-order valence-corrected chi connectivity index (χ4v) is 1.06. The molecule has 0 radical (unpaired) electrons. The molecule has 0 N–H and O–H groups in total. The van der Waals surface area contributed by atoms with E-state index in [0.717, 1.165) is 11.3 Å². The van der Waals surface area contributed by atoms with Gasteiger partial charge in [-0.2, -0.15) is 0 Å². The maximum absolute atomic E-state index is 9.89. The molecule has 0 aromatic heterocycles. The lowest BCUT2D eigenvalue weighted by Gasteiger charge is -2.05. The summed E-state index contributed by atoms with van der Waals surface area (Å²) in [6.45, 7) is 1.46. The minimum atomic E-state index is 0.363. The third kappa shape index (κ3) is 4.40. The second-order valence-corrected chi connectivity index (χ2v) is 2.89. The standard InChI is InChI=1S/C11H13NO3/c1-14-6-7-15-11-4-2-10(3-5-11)8-12-9-13/h2-5H,6-8H2,1H3. The summed E-state index contributed by atoms with van der Waals surface area (Å²) in [5.74, 6) is 0.783. The Kier molecular flexibility index (Phi) is 5.15. The monoisotopic (exact) mass is 207 g/mol. The van der Waals surface area contributed by atoms with Gasteiger partial charge in [-0.1, -0.05) is 12.1 Å². The fraction of sp³-hybridized carbons (Fsp3) is 0.364. The molecule has 0 saturated heterocycles. The zero-order chi connectivity index (χ0) is 10.9. The summed E-state index contributed by atoms with van der Waals surface area (Å²) in [4.78, 5) is 13.4. The zero-order valence-electron chi connectivity index (χ0n) is 8.60. The van der Waals surface area contributed by atoms with Crippen molar-refractivity contribution < 1.29 is 14.3 Å². The van der Waals surface area contributed by atoms with Gasteiger partial charge in [0.2, 0.25) is 6.08 Å².